The first-order valence-corrected chi connectivity index (χ1v) is 3.02. The lowest BCUT2D eigenvalue weighted by molar-refractivity contribution is 1.13. The molecule has 0 rings (SSSR count). The van der Waals surface area contributed by atoms with Gasteiger partial charge in [-0.1, -0.05) is 30.9 Å². The molecule has 0 unspecified atom stereocenters. The second-order valence-corrected chi connectivity index (χ2v) is 2.52. The molecule has 0 saturated carbocycles. The Bertz CT molecular complexity index is 149. The molecule has 0 aliphatic heterocycles. The summed E-state index contributed by atoms with van der Waals surface area (Å²) in [5, 5.41) is 0. The zero-order valence-corrected chi connectivity index (χ0v) is 6.33. The molecule has 0 amide bonds. The molecular formula is C9H14. The van der Waals surface area contributed by atoms with E-state index in [1.807, 2.05) is 13.8 Å². The summed E-state index contributed by atoms with van der Waals surface area (Å²) in [6.07, 6.45) is 0.884. The molecule has 0 aromatic heterocycles. The highest BCUT2D eigenvalue weighted by atomic mass is 14.0. The van der Waals surface area contributed by atoms with E-state index < -0.39 is 0 Å². The van der Waals surface area contributed by atoms with Gasteiger partial charge in [-0.25, -0.2) is 0 Å². The topological polar surface area (TPSA) is 0 Å². The quantitative estimate of drug-likeness (QED) is 0.398. The molecule has 0 heterocycles. The molecular weight excluding hydrogens is 108 g/mol. The summed E-state index contributed by atoms with van der Waals surface area (Å²) in [7, 11) is 0. The van der Waals surface area contributed by atoms with E-state index in [4.69, 9.17) is 0 Å². The number of hydrogen-bond donors (Lipinski definition) is 0. The van der Waals surface area contributed by atoms with Crippen LogP contribution in [0.3, 0.4) is 0 Å². The average Bonchev–Trinajstić information content (AvgIpc) is 1.63. The van der Waals surface area contributed by atoms with Crippen molar-refractivity contribution in [3.8, 4) is 0 Å². The predicted molar refractivity (Wildman–Crippen MR) is 43.4 cm³/mol. The van der Waals surface area contributed by atoms with Gasteiger partial charge in [-0.3, -0.25) is 0 Å². The fraction of sp³-hybridized carbons (Fsp3) is 0.333. The molecule has 0 aliphatic rings. The lowest BCUT2D eigenvalue weighted by atomic mass is 10.0. The van der Waals surface area contributed by atoms with Gasteiger partial charge in [-0.05, 0) is 25.8 Å². The number of allylic oxidation sites excluding steroid dienone is 3. The molecule has 0 N–H and O–H groups in total. The summed E-state index contributed by atoms with van der Waals surface area (Å²) in [6.45, 7) is 15.3. The van der Waals surface area contributed by atoms with Gasteiger partial charge in [0.25, 0.3) is 0 Å². The first-order chi connectivity index (χ1) is 4.04. The van der Waals surface area contributed by atoms with Crippen molar-refractivity contribution < 1.29 is 0 Å². The molecule has 0 aromatic rings. The lowest BCUT2D eigenvalue weighted by Gasteiger charge is -2.01. The monoisotopic (exact) mass is 122 g/mol. The average molecular weight is 122 g/mol. The summed E-state index contributed by atoms with van der Waals surface area (Å²) in [5.74, 6) is 0. The van der Waals surface area contributed by atoms with Crippen molar-refractivity contribution in [1.29, 1.82) is 0 Å². The van der Waals surface area contributed by atoms with E-state index >= 15 is 0 Å². The van der Waals surface area contributed by atoms with Crippen LogP contribution >= 0.6 is 0 Å². The fourth-order valence-electron chi connectivity index (χ4n) is 0.515. The second kappa shape index (κ2) is 3.29. The predicted octanol–water partition coefficient (Wildman–Crippen LogP) is 3.08. The molecule has 9 heavy (non-hydrogen) atoms. The number of hydrogen-bond acceptors (Lipinski definition) is 0. The number of rotatable bonds is 3. The molecule has 0 nitrogen and oxygen atoms in total. The lowest BCUT2D eigenvalue weighted by Crippen LogP contribution is -1.81. The first kappa shape index (κ1) is 8.22. The van der Waals surface area contributed by atoms with Gasteiger partial charge in [0, 0.05) is 0 Å². The Morgan fingerprint density at radius 2 is 1.56 bits per heavy atom. The molecule has 0 saturated heterocycles. The van der Waals surface area contributed by atoms with Crippen molar-refractivity contribution in [2.75, 3.05) is 0 Å². The van der Waals surface area contributed by atoms with Crippen LogP contribution in [-0.4, -0.2) is 0 Å². The van der Waals surface area contributed by atoms with Gasteiger partial charge in [0.05, 0.1) is 0 Å². The van der Waals surface area contributed by atoms with Crippen molar-refractivity contribution in [1.82, 2.24) is 0 Å². The van der Waals surface area contributed by atoms with Gasteiger partial charge >= 0.3 is 0 Å². The zero-order chi connectivity index (χ0) is 7.44. The van der Waals surface area contributed by atoms with Gasteiger partial charge in [0.2, 0.25) is 0 Å². The Balaban J connectivity index is 3.79. The van der Waals surface area contributed by atoms with Crippen LogP contribution in [0.4, 0.5) is 0 Å². The van der Waals surface area contributed by atoms with E-state index in [2.05, 4.69) is 19.7 Å². The SMILES string of the molecule is C=C(C)CC(=C)C(=C)C. The molecule has 0 heteroatoms. The van der Waals surface area contributed by atoms with Crippen molar-refractivity contribution >= 4 is 0 Å². The van der Waals surface area contributed by atoms with Crippen LogP contribution in [0.25, 0.3) is 0 Å². The molecule has 0 radical (unpaired) electrons. The van der Waals surface area contributed by atoms with Crippen LogP contribution in [0.15, 0.2) is 36.5 Å². The Morgan fingerprint density at radius 1 is 1.11 bits per heavy atom. The summed E-state index contributed by atoms with van der Waals surface area (Å²) < 4.78 is 0. The Labute approximate surface area is 57.6 Å². The maximum atomic E-state index is 3.83. The third-order valence-corrected chi connectivity index (χ3v) is 1.12. The molecule has 0 fully saturated rings. The van der Waals surface area contributed by atoms with Crippen molar-refractivity contribution in [2.45, 2.75) is 20.3 Å². The third kappa shape index (κ3) is 3.77. The largest absolute Gasteiger partial charge is 0.0998 e. The van der Waals surface area contributed by atoms with E-state index in [1.165, 1.54) is 0 Å². The summed E-state index contributed by atoms with van der Waals surface area (Å²) in [6, 6.07) is 0. The van der Waals surface area contributed by atoms with E-state index in [0.717, 1.165) is 23.1 Å². The molecule has 50 valence electrons. The van der Waals surface area contributed by atoms with Crippen molar-refractivity contribution in [2.24, 2.45) is 0 Å². The summed E-state index contributed by atoms with van der Waals surface area (Å²) in [5.41, 5.74) is 3.28. The highest BCUT2D eigenvalue weighted by Gasteiger charge is 1.92. The third-order valence-electron chi connectivity index (χ3n) is 1.12. The van der Waals surface area contributed by atoms with Crippen LogP contribution in [0.5, 0.6) is 0 Å². The molecule has 0 aliphatic carbocycles. The smallest absolute Gasteiger partial charge is 0.00760 e. The van der Waals surface area contributed by atoms with Crippen LogP contribution < -0.4 is 0 Å². The maximum absolute atomic E-state index is 3.83. The zero-order valence-electron chi connectivity index (χ0n) is 6.33. The minimum Gasteiger partial charge on any atom is -0.0998 e. The molecule has 0 spiro atoms. The normalized spacial score (nSPS) is 8.67. The van der Waals surface area contributed by atoms with Crippen LogP contribution in [0.1, 0.15) is 20.3 Å². The van der Waals surface area contributed by atoms with E-state index in [1.54, 1.807) is 0 Å². The van der Waals surface area contributed by atoms with Crippen LogP contribution in [0.2, 0.25) is 0 Å². The van der Waals surface area contributed by atoms with Crippen LogP contribution in [-0.2, 0) is 0 Å². The van der Waals surface area contributed by atoms with Gasteiger partial charge < -0.3 is 0 Å². The molecule has 0 bridgehead atoms. The van der Waals surface area contributed by atoms with Gasteiger partial charge in [0.15, 0.2) is 0 Å². The summed E-state index contributed by atoms with van der Waals surface area (Å²) >= 11 is 0. The van der Waals surface area contributed by atoms with E-state index in [-0.39, 0.29) is 0 Å². The first-order valence-electron chi connectivity index (χ1n) is 3.02. The second-order valence-electron chi connectivity index (χ2n) is 2.52. The molecule has 0 aromatic carbocycles. The minimum absolute atomic E-state index is 0.884. The van der Waals surface area contributed by atoms with Crippen LogP contribution in [0, 0.1) is 0 Å². The van der Waals surface area contributed by atoms with Gasteiger partial charge in [-0.2, -0.15) is 0 Å². The van der Waals surface area contributed by atoms with Gasteiger partial charge in [-0.15, -0.1) is 0 Å². The van der Waals surface area contributed by atoms with Crippen molar-refractivity contribution in [3.63, 3.8) is 0 Å². The Morgan fingerprint density at radius 3 is 1.67 bits per heavy atom. The fourth-order valence-corrected chi connectivity index (χ4v) is 0.515. The van der Waals surface area contributed by atoms with Crippen molar-refractivity contribution in [3.05, 3.63) is 36.5 Å². The molecule has 0 atom stereocenters. The highest BCUT2D eigenvalue weighted by molar-refractivity contribution is 5.26. The van der Waals surface area contributed by atoms with E-state index in [0.29, 0.717) is 0 Å². The summed E-state index contributed by atoms with van der Waals surface area (Å²) in [4.78, 5) is 0. The minimum atomic E-state index is 0.884. The van der Waals surface area contributed by atoms with E-state index in [9.17, 15) is 0 Å². The highest BCUT2D eigenvalue weighted by Crippen LogP contribution is 2.12. The standard InChI is InChI=1S/C9H14/c1-7(2)6-9(5)8(3)4/h1,3,5-6H2,2,4H3. The Kier molecular flexibility index (Phi) is 3.00. The maximum Gasteiger partial charge on any atom is -0.00760 e. The van der Waals surface area contributed by atoms with Gasteiger partial charge in [0.1, 0.15) is 0 Å². The Hall–Kier alpha value is -0.780.